The largest absolute Gasteiger partial charge is 0.330 e. The van der Waals surface area contributed by atoms with E-state index in [1.807, 2.05) is 72.8 Å². The highest BCUT2D eigenvalue weighted by molar-refractivity contribution is 5.94. The monoisotopic (exact) mass is 356 g/mol. The lowest BCUT2D eigenvalue weighted by molar-refractivity contribution is 0.0913. The van der Waals surface area contributed by atoms with Crippen LogP contribution in [-0.2, 0) is 6.42 Å². The van der Waals surface area contributed by atoms with Gasteiger partial charge in [0, 0.05) is 5.56 Å². The fourth-order valence-corrected chi connectivity index (χ4v) is 3.15. The molecule has 1 aromatic heterocycles. The summed E-state index contributed by atoms with van der Waals surface area (Å²) in [6.07, 6.45) is 1.26. The lowest BCUT2D eigenvalue weighted by Crippen LogP contribution is -2.33. The number of amides is 1. The highest BCUT2D eigenvalue weighted by Gasteiger charge is 2.19. The molecule has 4 rings (SSSR count). The lowest BCUT2D eigenvalue weighted by atomic mass is 10.1. The molecule has 0 aliphatic heterocycles. The molecule has 27 heavy (non-hydrogen) atoms. The third kappa shape index (κ3) is 3.87. The molecule has 0 aliphatic carbocycles. The normalized spacial score (nSPS) is 12.0. The Labute approximate surface area is 157 Å². The second kappa shape index (κ2) is 7.83. The van der Waals surface area contributed by atoms with Crippen molar-refractivity contribution in [2.24, 2.45) is 0 Å². The maximum Gasteiger partial charge on any atom is 0.252 e. The van der Waals surface area contributed by atoms with Crippen molar-refractivity contribution in [2.45, 2.75) is 19.0 Å². The van der Waals surface area contributed by atoms with Crippen LogP contribution in [-0.4, -0.2) is 20.9 Å². The Morgan fingerprint density at radius 3 is 2.33 bits per heavy atom. The number of rotatable bonds is 6. The zero-order chi connectivity index (χ0) is 18.5. The van der Waals surface area contributed by atoms with Crippen LogP contribution >= 0.6 is 0 Å². The highest BCUT2D eigenvalue weighted by Crippen LogP contribution is 2.19. The first-order valence-corrected chi connectivity index (χ1v) is 9.01. The Morgan fingerprint density at radius 2 is 1.56 bits per heavy atom. The molecule has 1 N–H and O–H groups in total. The first kappa shape index (κ1) is 17.0. The van der Waals surface area contributed by atoms with Gasteiger partial charge >= 0.3 is 0 Å². The van der Waals surface area contributed by atoms with E-state index >= 15 is 0 Å². The molecule has 1 amide bonds. The van der Waals surface area contributed by atoms with E-state index in [4.69, 9.17) is 0 Å². The standard InChI is InChI=1S/C22H20N4O/c27-22(18-11-5-2-6-12-18)23-21(16-15-17-9-3-1-4-10-17)26-20-14-8-7-13-19(20)24-25-26/h1-14,21H,15-16H2,(H,23,27)/t21-/m1/s1. The molecule has 0 radical (unpaired) electrons. The molecule has 134 valence electrons. The minimum atomic E-state index is -0.287. The van der Waals surface area contributed by atoms with Crippen molar-refractivity contribution in [3.8, 4) is 0 Å². The molecule has 0 saturated heterocycles. The number of hydrogen-bond acceptors (Lipinski definition) is 3. The van der Waals surface area contributed by atoms with Crippen molar-refractivity contribution in [1.82, 2.24) is 20.3 Å². The fourth-order valence-electron chi connectivity index (χ4n) is 3.15. The Morgan fingerprint density at radius 1 is 0.889 bits per heavy atom. The molecule has 0 fully saturated rings. The van der Waals surface area contributed by atoms with E-state index in [-0.39, 0.29) is 12.1 Å². The van der Waals surface area contributed by atoms with Gasteiger partial charge in [0.15, 0.2) is 0 Å². The summed E-state index contributed by atoms with van der Waals surface area (Å²) in [7, 11) is 0. The number of para-hydroxylation sites is 1. The van der Waals surface area contributed by atoms with E-state index in [2.05, 4.69) is 27.8 Å². The maximum absolute atomic E-state index is 12.7. The molecule has 0 aliphatic rings. The van der Waals surface area contributed by atoms with Gasteiger partial charge in [-0.1, -0.05) is 65.9 Å². The van der Waals surface area contributed by atoms with Crippen molar-refractivity contribution in [2.75, 3.05) is 0 Å². The molecule has 1 heterocycles. The Hall–Kier alpha value is -3.47. The van der Waals surface area contributed by atoms with Gasteiger partial charge in [-0.05, 0) is 42.7 Å². The molecule has 5 heteroatoms. The van der Waals surface area contributed by atoms with Gasteiger partial charge < -0.3 is 5.32 Å². The van der Waals surface area contributed by atoms with Gasteiger partial charge in [0.05, 0.1) is 5.52 Å². The summed E-state index contributed by atoms with van der Waals surface area (Å²) in [4.78, 5) is 12.7. The number of hydrogen-bond donors (Lipinski definition) is 1. The average molecular weight is 356 g/mol. The zero-order valence-corrected chi connectivity index (χ0v) is 14.8. The summed E-state index contributed by atoms with van der Waals surface area (Å²) in [5.41, 5.74) is 3.58. The molecule has 5 nitrogen and oxygen atoms in total. The van der Waals surface area contributed by atoms with Crippen LogP contribution in [0, 0.1) is 0 Å². The molecule has 0 spiro atoms. The first-order chi connectivity index (χ1) is 13.3. The number of aromatic nitrogens is 3. The number of aryl methyl sites for hydroxylation is 1. The van der Waals surface area contributed by atoms with Crippen molar-refractivity contribution in [3.63, 3.8) is 0 Å². The smallest absolute Gasteiger partial charge is 0.252 e. The molecule has 0 saturated carbocycles. The van der Waals surface area contributed by atoms with Gasteiger partial charge in [0.1, 0.15) is 11.7 Å². The second-order valence-electron chi connectivity index (χ2n) is 6.40. The maximum atomic E-state index is 12.7. The Bertz CT molecular complexity index is 1030. The topological polar surface area (TPSA) is 59.8 Å². The number of fused-ring (bicyclic) bond motifs is 1. The third-order valence-electron chi connectivity index (χ3n) is 4.56. The van der Waals surface area contributed by atoms with E-state index in [1.165, 1.54) is 5.56 Å². The molecular formula is C22H20N4O. The average Bonchev–Trinajstić information content (AvgIpc) is 3.16. The first-order valence-electron chi connectivity index (χ1n) is 9.01. The van der Waals surface area contributed by atoms with Crippen LogP contribution in [0.2, 0.25) is 0 Å². The van der Waals surface area contributed by atoms with Gasteiger partial charge in [-0.2, -0.15) is 0 Å². The van der Waals surface area contributed by atoms with E-state index in [1.54, 1.807) is 4.68 Å². The molecule has 3 aromatic carbocycles. The van der Waals surface area contributed by atoms with Gasteiger partial charge in [-0.3, -0.25) is 4.79 Å². The number of carbonyl (C=O) groups is 1. The van der Waals surface area contributed by atoms with Crippen LogP contribution < -0.4 is 5.32 Å². The number of nitrogens with one attached hydrogen (secondary N) is 1. The van der Waals surface area contributed by atoms with Gasteiger partial charge in [0.2, 0.25) is 0 Å². The fraction of sp³-hybridized carbons (Fsp3) is 0.136. The molecular weight excluding hydrogens is 336 g/mol. The van der Waals surface area contributed by atoms with Crippen LogP contribution in [0.25, 0.3) is 11.0 Å². The van der Waals surface area contributed by atoms with Crippen molar-refractivity contribution in [1.29, 1.82) is 0 Å². The predicted octanol–water partition coefficient (Wildman–Crippen LogP) is 3.99. The van der Waals surface area contributed by atoms with Crippen LogP contribution in [0.4, 0.5) is 0 Å². The zero-order valence-electron chi connectivity index (χ0n) is 14.8. The van der Waals surface area contributed by atoms with Crippen molar-refractivity contribution in [3.05, 3.63) is 96.1 Å². The van der Waals surface area contributed by atoms with Gasteiger partial charge in [-0.25, -0.2) is 4.68 Å². The highest BCUT2D eigenvalue weighted by atomic mass is 16.1. The van der Waals surface area contributed by atoms with Crippen LogP contribution in [0.1, 0.15) is 28.5 Å². The van der Waals surface area contributed by atoms with E-state index < -0.39 is 0 Å². The molecule has 0 unspecified atom stereocenters. The van der Waals surface area contributed by atoms with Gasteiger partial charge in [0.25, 0.3) is 5.91 Å². The number of carbonyl (C=O) groups excluding carboxylic acids is 1. The summed E-state index contributed by atoms with van der Waals surface area (Å²) < 4.78 is 1.80. The second-order valence-corrected chi connectivity index (χ2v) is 6.40. The minimum absolute atomic E-state index is 0.117. The van der Waals surface area contributed by atoms with Crippen molar-refractivity contribution < 1.29 is 4.79 Å². The number of nitrogens with zero attached hydrogens (tertiary/aromatic N) is 3. The predicted molar refractivity (Wildman–Crippen MR) is 105 cm³/mol. The molecule has 4 aromatic rings. The summed E-state index contributed by atoms with van der Waals surface area (Å²) >= 11 is 0. The summed E-state index contributed by atoms with van der Waals surface area (Å²) in [5, 5.41) is 11.7. The SMILES string of the molecule is O=C(N[C@@H](CCc1ccccc1)n1nnc2ccccc21)c1ccccc1. The Balaban J connectivity index is 1.61. The lowest BCUT2D eigenvalue weighted by Gasteiger charge is -2.20. The summed E-state index contributed by atoms with van der Waals surface area (Å²) in [6.45, 7) is 0. The van der Waals surface area contributed by atoms with Crippen molar-refractivity contribution >= 4 is 16.9 Å². The van der Waals surface area contributed by atoms with Crippen LogP contribution in [0.5, 0.6) is 0 Å². The number of benzene rings is 3. The molecule has 0 bridgehead atoms. The van der Waals surface area contributed by atoms with E-state index in [9.17, 15) is 4.79 Å². The van der Waals surface area contributed by atoms with E-state index in [0.29, 0.717) is 5.56 Å². The third-order valence-corrected chi connectivity index (χ3v) is 4.56. The summed E-state index contributed by atoms with van der Waals surface area (Å²) in [6, 6.07) is 27.3. The van der Waals surface area contributed by atoms with Crippen LogP contribution in [0.3, 0.4) is 0 Å². The van der Waals surface area contributed by atoms with E-state index in [0.717, 1.165) is 23.9 Å². The van der Waals surface area contributed by atoms with Crippen LogP contribution in [0.15, 0.2) is 84.9 Å². The Kier molecular flexibility index (Phi) is 4.92. The van der Waals surface area contributed by atoms with Gasteiger partial charge in [-0.15, -0.1) is 5.10 Å². The quantitative estimate of drug-likeness (QED) is 0.568. The summed E-state index contributed by atoms with van der Waals surface area (Å²) in [5.74, 6) is -0.117. The molecule has 1 atom stereocenters. The minimum Gasteiger partial charge on any atom is -0.330 e.